The number of benzene rings is 1. The van der Waals surface area contributed by atoms with E-state index in [0.717, 1.165) is 0 Å². The molecule has 0 aliphatic carbocycles. The predicted molar refractivity (Wildman–Crippen MR) is 76.7 cm³/mol. The Bertz CT molecular complexity index is 506. The Morgan fingerprint density at radius 1 is 1.33 bits per heavy atom. The van der Waals surface area contributed by atoms with E-state index in [4.69, 9.17) is 0 Å². The van der Waals surface area contributed by atoms with Crippen molar-refractivity contribution in [2.24, 2.45) is 5.92 Å². The molecule has 0 bridgehead atoms. The summed E-state index contributed by atoms with van der Waals surface area (Å²) >= 11 is 0. The summed E-state index contributed by atoms with van der Waals surface area (Å²) in [4.78, 5) is 25.0. The minimum atomic E-state index is -1.11. The second kappa shape index (κ2) is 6.58. The maximum absolute atomic E-state index is 12.2. The van der Waals surface area contributed by atoms with Crippen LogP contribution in [0.25, 0.3) is 0 Å². The molecule has 1 fully saturated rings. The van der Waals surface area contributed by atoms with Crippen molar-refractivity contribution >= 4 is 12.0 Å². The van der Waals surface area contributed by atoms with Gasteiger partial charge in [0.2, 0.25) is 0 Å². The highest BCUT2D eigenvalue weighted by Gasteiger charge is 2.30. The van der Waals surface area contributed by atoms with Crippen molar-refractivity contribution in [2.45, 2.75) is 25.5 Å². The van der Waals surface area contributed by atoms with Gasteiger partial charge in [-0.1, -0.05) is 37.3 Å². The topological polar surface area (TPSA) is 89.9 Å². The quantitative estimate of drug-likeness (QED) is 0.781. The number of piperidine rings is 1. The van der Waals surface area contributed by atoms with Gasteiger partial charge in [0.25, 0.3) is 0 Å². The lowest BCUT2D eigenvalue weighted by molar-refractivity contribution is -0.139. The van der Waals surface area contributed by atoms with Gasteiger partial charge < -0.3 is 20.4 Å². The third-order valence-electron chi connectivity index (χ3n) is 3.85. The first kappa shape index (κ1) is 15.3. The molecule has 6 heteroatoms. The molecule has 1 aromatic carbocycles. The van der Waals surface area contributed by atoms with E-state index >= 15 is 0 Å². The molecule has 0 spiro atoms. The number of carboxylic acids is 1. The molecule has 3 atom stereocenters. The van der Waals surface area contributed by atoms with E-state index in [1.54, 1.807) is 30.3 Å². The van der Waals surface area contributed by atoms with Gasteiger partial charge in [-0.05, 0) is 17.9 Å². The molecular weight excluding hydrogens is 272 g/mol. The summed E-state index contributed by atoms with van der Waals surface area (Å²) in [5.74, 6) is -0.959. The number of carbonyl (C=O) groups is 2. The van der Waals surface area contributed by atoms with Crippen LogP contribution < -0.4 is 5.32 Å². The fourth-order valence-corrected chi connectivity index (χ4v) is 2.38. The second-order valence-electron chi connectivity index (χ2n) is 5.41. The van der Waals surface area contributed by atoms with Crippen LogP contribution >= 0.6 is 0 Å². The zero-order chi connectivity index (χ0) is 15.4. The monoisotopic (exact) mass is 292 g/mol. The van der Waals surface area contributed by atoms with Crippen molar-refractivity contribution in [3.8, 4) is 0 Å². The van der Waals surface area contributed by atoms with Gasteiger partial charge in [-0.2, -0.15) is 0 Å². The standard InChI is InChI=1S/C15H20N2O4/c1-10-7-8-17(9-12(10)18)15(21)16-13(14(19)20)11-5-3-2-4-6-11/h2-6,10,12-13,18H,7-9H2,1H3,(H,16,21)(H,19,20)/t10?,12?,13-/m0/s1. The molecule has 0 radical (unpaired) electrons. The van der Waals surface area contributed by atoms with Crippen LogP contribution in [0.5, 0.6) is 0 Å². The molecule has 1 saturated heterocycles. The van der Waals surface area contributed by atoms with Crippen LogP contribution in [0.15, 0.2) is 30.3 Å². The zero-order valence-corrected chi connectivity index (χ0v) is 11.9. The Morgan fingerprint density at radius 3 is 2.57 bits per heavy atom. The summed E-state index contributed by atoms with van der Waals surface area (Å²) in [5, 5.41) is 21.6. The van der Waals surface area contributed by atoms with Crippen molar-refractivity contribution < 1.29 is 19.8 Å². The largest absolute Gasteiger partial charge is 0.479 e. The summed E-state index contributed by atoms with van der Waals surface area (Å²) in [5.41, 5.74) is 0.518. The molecule has 21 heavy (non-hydrogen) atoms. The molecule has 1 aliphatic rings. The van der Waals surface area contributed by atoms with Crippen LogP contribution in [0.3, 0.4) is 0 Å². The summed E-state index contributed by atoms with van der Waals surface area (Å²) in [6.45, 7) is 2.68. The number of aliphatic hydroxyl groups is 1. The number of nitrogens with one attached hydrogen (secondary N) is 1. The molecule has 1 heterocycles. The van der Waals surface area contributed by atoms with Crippen LogP contribution in [0.4, 0.5) is 4.79 Å². The molecule has 1 aromatic rings. The first-order valence-corrected chi connectivity index (χ1v) is 7.00. The fraction of sp³-hybridized carbons (Fsp3) is 0.467. The molecule has 1 aliphatic heterocycles. The zero-order valence-electron chi connectivity index (χ0n) is 11.9. The van der Waals surface area contributed by atoms with E-state index in [2.05, 4.69) is 5.32 Å². The van der Waals surface area contributed by atoms with Crippen molar-refractivity contribution in [3.05, 3.63) is 35.9 Å². The highest BCUT2D eigenvalue weighted by molar-refractivity contribution is 5.83. The third kappa shape index (κ3) is 3.72. The van der Waals surface area contributed by atoms with Crippen molar-refractivity contribution in [1.82, 2.24) is 10.2 Å². The number of amides is 2. The van der Waals surface area contributed by atoms with E-state index in [1.165, 1.54) is 4.90 Å². The molecule has 2 amide bonds. The number of carboxylic acid groups (broad SMARTS) is 1. The van der Waals surface area contributed by atoms with Crippen LogP contribution in [0, 0.1) is 5.92 Å². The fourth-order valence-electron chi connectivity index (χ4n) is 2.38. The molecule has 6 nitrogen and oxygen atoms in total. The van der Waals surface area contributed by atoms with E-state index in [9.17, 15) is 19.8 Å². The number of aliphatic hydroxyl groups excluding tert-OH is 1. The first-order chi connectivity index (χ1) is 9.99. The first-order valence-electron chi connectivity index (χ1n) is 7.00. The smallest absolute Gasteiger partial charge is 0.330 e. The van der Waals surface area contributed by atoms with Crippen LogP contribution in [-0.4, -0.2) is 46.3 Å². The lowest BCUT2D eigenvalue weighted by atomic mass is 9.96. The number of β-amino-alcohol motifs (C(OH)–C–C–N with tert-alkyl or cyclic N) is 1. The van der Waals surface area contributed by atoms with Crippen LogP contribution in [0.2, 0.25) is 0 Å². The highest BCUT2D eigenvalue weighted by atomic mass is 16.4. The lowest BCUT2D eigenvalue weighted by Gasteiger charge is -2.34. The van der Waals surface area contributed by atoms with Crippen LogP contribution in [0.1, 0.15) is 24.9 Å². The Hall–Kier alpha value is -2.08. The van der Waals surface area contributed by atoms with Gasteiger partial charge in [-0.3, -0.25) is 0 Å². The minimum absolute atomic E-state index is 0.151. The Kier molecular flexibility index (Phi) is 4.80. The van der Waals surface area contributed by atoms with Gasteiger partial charge in [-0.25, -0.2) is 9.59 Å². The lowest BCUT2D eigenvalue weighted by Crippen LogP contribution is -2.51. The molecular formula is C15H20N2O4. The average molecular weight is 292 g/mol. The Labute approximate surface area is 123 Å². The minimum Gasteiger partial charge on any atom is -0.479 e. The molecule has 2 rings (SSSR count). The highest BCUT2D eigenvalue weighted by Crippen LogP contribution is 2.18. The van der Waals surface area contributed by atoms with Crippen LogP contribution in [-0.2, 0) is 4.79 Å². The van der Waals surface area contributed by atoms with Gasteiger partial charge in [0.1, 0.15) is 0 Å². The summed E-state index contributed by atoms with van der Waals surface area (Å²) in [7, 11) is 0. The van der Waals surface area contributed by atoms with E-state index in [0.29, 0.717) is 18.5 Å². The predicted octanol–water partition coefficient (Wildman–Crippen LogP) is 1.22. The summed E-state index contributed by atoms with van der Waals surface area (Å²) in [6, 6.07) is 7.01. The number of aliphatic carboxylic acids is 1. The summed E-state index contributed by atoms with van der Waals surface area (Å²) in [6.07, 6.45) is 0.141. The number of urea groups is 1. The summed E-state index contributed by atoms with van der Waals surface area (Å²) < 4.78 is 0. The number of rotatable bonds is 3. The van der Waals surface area contributed by atoms with E-state index in [-0.39, 0.29) is 12.5 Å². The molecule has 0 aromatic heterocycles. The molecule has 0 saturated carbocycles. The normalized spacial score (nSPS) is 23.4. The molecule has 3 N–H and O–H groups in total. The number of hydrogen-bond donors (Lipinski definition) is 3. The van der Waals surface area contributed by atoms with Gasteiger partial charge in [-0.15, -0.1) is 0 Å². The van der Waals surface area contributed by atoms with Gasteiger partial charge >= 0.3 is 12.0 Å². The number of hydrogen-bond acceptors (Lipinski definition) is 3. The Morgan fingerprint density at radius 2 is 2.00 bits per heavy atom. The second-order valence-corrected chi connectivity index (χ2v) is 5.41. The van der Waals surface area contributed by atoms with Gasteiger partial charge in [0, 0.05) is 13.1 Å². The van der Waals surface area contributed by atoms with Crippen molar-refractivity contribution in [3.63, 3.8) is 0 Å². The number of likely N-dealkylation sites (tertiary alicyclic amines) is 1. The molecule has 114 valence electrons. The number of nitrogens with zero attached hydrogens (tertiary/aromatic N) is 1. The van der Waals surface area contributed by atoms with Crippen molar-refractivity contribution in [1.29, 1.82) is 0 Å². The van der Waals surface area contributed by atoms with Crippen molar-refractivity contribution in [2.75, 3.05) is 13.1 Å². The van der Waals surface area contributed by atoms with E-state index in [1.807, 2.05) is 6.92 Å². The molecule has 2 unspecified atom stereocenters. The SMILES string of the molecule is CC1CCN(C(=O)N[C@H](C(=O)O)c2ccccc2)CC1O. The maximum atomic E-state index is 12.2. The maximum Gasteiger partial charge on any atom is 0.330 e. The van der Waals surface area contributed by atoms with Gasteiger partial charge in [0.15, 0.2) is 6.04 Å². The number of carbonyl (C=O) groups excluding carboxylic acids is 1. The third-order valence-corrected chi connectivity index (χ3v) is 3.85. The Balaban J connectivity index is 2.04. The van der Waals surface area contributed by atoms with Gasteiger partial charge in [0.05, 0.1) is 6.10 Å². The average Bonchev–Trinajstić information content (AvgIpc) is 2.48. The van der Waals surface area contributed by atoms with E-state index < -0.39 is 24.1 Å².